The van der Waals surface area contributed by atoms with Crippen LogP contribution in [0.1, 0.15) is 64.9 Å². The smallest absolute Gasteiger partial charge is 0.410 e. The number of terminal acetylenes is 1. The molecule has 1 amide bonds. The van der Waals surface area contributed by atoms with Crippen LogP contribution in [0.5, 0.6) is 17.6 Å². The molecular formula is C42H47F2N5O7. The molecule has 12 nitrogen and oxygen atoms in total. The van der Waals surface area contributed by atoms with Crippen molar-refractivity contribution >= 4 is 33.6 Å². The van der Waals surface area contributed by atoms with Crippen molar-refractivity contribution in [2.75, 3.05) is 58.8 Å². The van der Waals surface area contributed by atoms with Gasteiger partial charge in [0.25, 0.3) is 0 Å². The Bertz CT molecular complexity index is 2210. The number of methoxy groups -OCH3 is 2. The van der Waals surface area contributed by atoms with Crippen molar-refractivity contribution in [2.24, 2.45) is 11.3 Å². The van der Waals surface area contributed by atoms with Crippen molar-refractivity contribution < 1.29 is 42.0 Å². The largest absolute Gasteiger partial charge is 0.480 e. The van der Waals surface area contributed by atoms with E-state index in [-0.39, 0.29) is 88.0 Å². The van der Waals surface area contributed by atoms with Gasteiger partial charge in [0, 0.05) is 55.1 Å². The highest BCUT2D eigenvalue weighted by atomic mass is 19.1. The molecule has 14 heteroatoms. The number of fused-ring (bicyclic) bond motifs is 5. The molecule has 1 aliphatic carbocycles. The molecule has 4 aliphatic rings. The first-order valence-corrected chi connectivity index (χ1v) is 19.2. The van der Waals surface area contributed by atoms with Gasteiger partial charge >= 0.3 is 12.1 Å². The molecule has 4 aromatic rings. The predicted octanol–water partition coefficient (Wildman–Crippen LogP) is 7.27. The number of pyridine rings is 1. The van der Waals surface area contributed by atoms with Gasteiger partial charge in [-0.15, -0.1) is 6.42 Å². The summed E-state index contributed by atoms with van der Waals surface area (Å²) in [5.74, 6) is 2.09. The van der Waals surface area contributed by atoms with Gasteiger partial charge in [-0.3, -0.25) is 0 Å². The van der Waals surface area contributed by atoms with E-state index in [1.165, 1.54) is 20.3 Å². The Kier molecular flexibility index (Phi) is 10.0. The number of likely N-dealkylation sites (tertiary alicyclic amines) is 1. The van der Waals surface area contributed by atoms with Gasteiger partial charge in [0.2, 0.25) is 5.88 Å². The Morgan fingerprint density at radius 3 is 2.64 bits per heavy atom. The number of hydrogen-bond donors (Lipinski definition) is 0. The van der Waals surface area contributed by atoms with E-state index in [1.54, 1.807) is 18.2 Å². The topological polar surface area (TPSA) is 118 Å². The average Bonchev–Trinajstić information content (AvgIpc) is 3.77. The van der Waals surface area contributed by atoms with E-state index in [9.17, 15) is 4.79 Å². The van der Waals surface area contributed by atoms with Gasteiger partial charge in [0.15, 0.2) is 12.6 Å². The zero-order chi connectivity index (χ0) is 39.4. The van der Waals surface area contributed by atoms with Crippen LogP contribution in [-0.2, 0) is 14.2 Å². The lowest BCUT2D eigenvalue weighted by Crippen LogP contribution is -2.55. The second-order valence-corrected chi connectivity index (χ2v) is 16.3. The first-order valence-electron chi connectivity index (χ1n) is 19.2. The summed E-state index contributed by atoms with van der Waals surface area (Å²) >= 11 is 0. The van der Waals surface area contributed by atoms with E-state index >= 15 is 8.78 Å². The fourth-order valence-electron chi connectivity index (χ4n) is 9.16. The molecule has 0 radical (unpaired) electrons. The van der Waals surface area contributed by atoms with Gasteiger partial charge in [-0.1, -0.05) is 18.4 Å². The molecule has 0 spiro atoms. The van der Waals surface area contributed by atoms with E-state index in [0.29, 0.717) is 43.2 Å². The Balaban J connectivity index is 1.26. The maximum atomic E-state index is 17.5. The summed E-state index contributed by atoms with van der Waals surface area (Å²) in [6.07, 6.45) is 10.7. The van der Waals surface area contributed by atoms with Crippen LogP contribution in [0.2, 0.25) is 0 Å². The number of rotatable bonds is 9. The summed E-state index contributed by atoms with van der Waals surface area (Å²) < 4.78 is 67.9. The molecule has 2 bridgehead atoms. The predicted molar refractivity (Wildman–Crippen MR) is 205 cm³/mol. The summed E-state index contributed by atoms with van der Waals surface area (Å²) in [5, 5.41) is 1.06. The molecule has 56 heavy (non-hydrogen) atoms. The highest BCUT2D eigenvalue weighted by Crippen LogP contribution is 2.49. The molecule has 3 saturated heterocycles. The number of hydrogen-bond acceptors (Lipinski definition) is 11. The van der Waals surface area contributed by atoms with Crippen molar-refractivity contribution in [1.29, 1.82) is 0 Å². The number of amides is 1. The van der Waals surface area contributed by atoms with Crippen molar-refractivity contribution in [3.63, 3.8) is 0 Å². The zero-order valence-corrected chi connectivity index (χ0v) is 32.5. The van der Waals surface area contributed by atoms with Gasteiger partial charge < -0.3 is 38.2 Å². The maximum absolute atomic E-state index is 17.5. The van der Waals surface area contributed by atoms with Gasteiger partial charge in [-0.25, -0.2) is 18.6 Å². The van der Waals surface area contributed by atoms with Crippen LogP contribution in [0.25, 0.3) is 32.9 Å². The first kappa shape index (κ1) is 37.9. The Morgan fingerprint density at radius 1 is 1.07 bits per heavy atom. The number of carbonyl (C=O) groups excluding carboxylic acids is 1. The summed E-state index contributed by atoms with van der Waals surface area (Å²) in [5.41, 5.74) is -1.10. The molecule has 0 N–H and O–H groups in total. The SMILES string of the molecule is C#Cc1c(F)ccc2cc(OCOC)cc(-c3nc(OC)c4c(N5CC6COC(C6)C5)nc(OC[C@]56CCC[C@H]5N(C(=O)OC(C)(C)C)CCC6)nc4c3F)c12. The van der Waals surface area contributed by atoms with Crippen molar-refractivity contribution in [2.45, 2.75) is 77.0 Å². The summed E-state index contributed by atoms with van der Waals surface area (Å²) in [6, 6.07) is 5.94. The summed E-state index contributed by atoms with van der Waals surface area (Å²) in [6.45, 7) is 8.12. The number of piperidine rings is 2. The average molecular weight is 772 g/mol. The number of benzene rings is 2. The second kappa shape index (κ2) is 14.8. The highest BCUT2D eigenvalue weighted by Gasteiger charge is 2.51. The van der Waals surface area contributed by atoms with Gasteiger partial charge in [0.05, 0.1) is 32.0 Å². The fraction of sp³-hybridized carbons (Fsp3) is 0.524. The van der Waals surface area contributed by atoms with Crippen LogP contribution < -0.4 is 19.1 Å². The molecule has 5 heterocycles. The van der Waals surface area contributed by atoms with E-state index in [0.717, 1.165) is 38.5 Å². The molecule has 4 atom stereocenters. The normalized spacial score (nSPS) is 23.3. The van der Waals surface area contributed by atoms with Gasteiger partial charge in [0.1, 0.15) is 39.6 Å². The number of aromatic nitrogens is 3. The Hall–Kier alpha value is -5.00. The minimum absolute atomic E-state index is 0.0105. The molecule has 296 valence electrons. The number of carbonyl (C=O) groups is 1. The lowest BCUT2D eigenvalue weighted by molar-refractivity contribution is -0.0282. The molecule has 2 aromatic carbocycles. The van der Waals surface area contributed by atoms with Crippen LogP contribution in [-0.4, -0.2) is 97.6 Å². The number of ether oxygens (including phenoxy) is 6. The van der Waals surface area contributed by atoms with E-state index < -0.39 is 17.2 Å². The quantitative estimate of drug-likeness (QED) is 0.126. The monoisotopic (exact) mass is 771 g/mol. The lowest BCUT2D eigenvalue weighted by Gasteiger charge is -2.46. The van der Waals surface area contributed by atoms with Crippen LogP contribution in [0.4, 0.5) is 19.4 Å². The van der Waals surface area contributed by atoms with Crippen LogP contribution in [0.15, 0.2) is 24.3 Å². The van der Waals surface area contributed by atoms with E-state index in [4.69, 9.17) is 49.8 Å². The standard InChI is InChI=1S/C42H47F2N5O7/c1-7-28-30(43)12-11-25-17-26(55-23-51-5)18-29(32(25)28)35-34(44)36-33(38(45-35)52-6)37(48-19-24-16-27(20-48)53-21-24)47-39(46-36)54-22-42-13-8-10-31(42)49(15-9-14-42)40(50)56-41(2,3)4/h1,11-12,17-18,24,27,31H,8-10,13-16,19-23H2,2-6H3/t24?,27?,31-,42-/m1/s1. The van der Waals surface area contributed by atoms with Crippen LogP contribution >= 0.6 is 0 Å². The fourth-order valence-corrected chi connectivity index (χ4v) is 9.16. The van der Waals surface area contributed by atoms with E-state index in [1.807, 2.05) is 25.7 Å². The van der Waals surface area contributed by atoms with E-state index in [2.05, 4.69) is 10.8 Å². The minimum atomic E-state index is -0.798. The molecule has 8 rings (SSSR count). The molecule has 2 aromatic heterocycles. The van der Waals surface area contributed by atoms with Crippen molar-refractivity contribution in [1.82, 2.24) is 19.9 Å². The Morgan fingerprint density at radius 2 is 1.89 bits per heavy atom. The molecule has 2 unspecified atom stereocenters. The van der Waals surface area contributed by atoms with Crippen LogP contribution in [0.3, 0.4) is 0 Å². The molecule has 3 aliphatic heterocycles. The highest BCUT2D eigenvalue weighted by molar-refractivity contribution is 6.04. The zero-order valence-electron chi connectivity index (χ0n) is 32.5. The van der Waals surface area contributed by atoms with Crippen molar-refractivity contribution in [3.05, 3.63) is 41.5 Å². The number of halogens is 2. The number of anilines is 1. The molecular weight excluding hydrogens is 724 g/mol. The molecule has 1 saturated carbocycles. The third-order valence-corrected chi connectivity index (χ3v) is 11.5. The summed E-state index contributed by atoms with van der Waals surface area (Å²) in [4.78, 5) is 31.7. The minimum Gasteiger partial charge on any atom is -0.480 e. The third-order valence-electron chi connectivity index (χ3n) is 11.5. The maximum Gasteiger partial charge on any atom is 0.410 e. The first-order chi connectivity index (χ1) is 26.9. The van der Waals surface area contributed by atoms with Crippen molar-refractivity contribution in [3.8, 4) is 41.2 Å². The summed E-state index contributed by atoms with van der Waals surface area (Å²) in [7, 11) is 2.93. The van der Waals surface area contributed by atoms with Gasteiger partial charge in [-0.05, 0) is 76.5 Å². The molecule has 4 fully saturated rings. The third kappa shape index (κ3) is 6.89. The number of nitrogens with zero attached hydrogens (tertiary/aromatic N) is 5. The van der Waals surface area contributed by atoms with Gasteiger partial charge in [-0.2, -0.15) is 9.97 Å². The van der Waals surface area contributed by atoms with Crippen LogP contribution in [0, 0.1) is 35.3 Å². The Labute approximate surface area is 324 Å². The lowest BCUT2D eigenvalue weighted by atomic mass is 9.75. The second-order valence-electron chi connectivity index (χ2n) is 16.3.